The molecule has 0 amide bonds. The van der Waals surface area contributed by atoms with Gasteiger partial charge in [-0.05, 0) is 30.4 Å². The highest BCUT2D eigenvalue weighted by Crippen LogP contribution is 2.60. The van der Waals surface area contributed by atoms with E-state index in [0.29, 0.717) is 0 Å². The Morgan fingerprint density at radius 2 is 1.55 bits per heavy atom. The number of benzene rings is 2. The zero-order chi connectivity index (χ0) is 19.8. The molecule has 4 nitrogen and oxygen atoms in total. The Kier molecular flexibility index (Phi) is 4.93. The van der Waals surface area contributed by atoms with Crippen molar-refractivity contribution in [1.82, 2.24) is 4.90 Å². The number of para-hydroxylation sites is 1. The minimum absolute atomic E-state index is 0.223. The molecule has 2 aliphatic heterocycles. The van der Waals surface area contributed by atoms with Crippen LogP contribution in [0.15, 0.2) is 76.8 Å². The molecule has 2 aromatic rings. The SMILES string of the molecule is CC1(C)CC2=NN(c3ccccc3)P(c3ccccc3)C2=C(N2CCOCC2)C1. The maximum absolute atomic E-state index is 5.66. The number of ether oxygens (including phenoxy) is 1. The second-order valence-corrected chi connectivity index (χ2v) is 10.7. The highest BCUT2D eigenvalue weighted by molar-refractivity contribution is 7.73. The molecule has 5 heteroatoms. The van der Waals surface area contributed by atoms with Crippen LogP contribution in [-0.4, -0.2) is 36.9 Å². The van der Waals surface area contributed by atoms with Gasteiger partial charge in [0.2, 0.25) is 0 Å². The number of allylic oxidation sites excluding steroid dienone is 2. The topological polar surface area (TPSA) is 28.1 Å². The average molecular weight is 405 g/mol. The number of nitrogens with zero attached hydrogens (tertiary/aromatic N) is 3. The Hall–Kier alpha value is -2.16. The third kappa shape index (κ3) is 3.60. The summed E-state index contributed by atoms with van der Waals surface area (Å²) in [6.07, 6.45) is 2.14. The average Bonchev–Trinajstić information content (AvgIpc) is 3.13. The molecule has 0 spiro atoms. The van der Waals surface area contributed by atoms with E-state index in [9.17, 15) is 0 Å². The molecule has 0 bridgehead atoms. The van der Waals surface area contributed by atoms with Gasteiger partial charge in [0.05, 0.1) is 32.7 Å². The summed E-state index contributed by atoms with van der Waals surface area (Å²) in [5.74, 6) is 0. The quantitative estimate of drug-likeness (QED) is 0.677. The van der Waals surface area contributed by atoms with E-state index in [-0.39, 0.29) is 5.41 Å². The van der Waals surface area contributed by atoms with E-state index >= 15 is 0 Å². The van der Waals surface area contributed by atoms with Gasteiger partial charge in [-0.3, -0.25) is 0 Å². The number of fused-ring (bicyclic) bond motifs is 1. The van der Waals surface area contributed by atoms with E-state index in [4.69, 9.17) is 9.84 Å². The molecule has 150 valence electrons. The van der Waals surface area contributed by atoms with Crippen LogP contribution in [0.5, 0.6) is 0 Å². The van der Waals surface area contributed by atoms with Gasteiger partial charge in [-0.1, -0.05) is 62.4 Å². The van der Waals surface area contributed by atoms with E-state index in [2.05, 4.69) is 84.2 Å². The molecule has 2 aromatic carbocycles. The van der Waals surface area contributed by atoms with E-state index in [1.165, 1.54) is 27.7 Å². The number of hydrogen-bond donors (Lipinski definition) is 0. The lowest BCUT2D eigenvalue weighted by Gasteiger charge is -2.40. The lowest BCUT2D eigenvalue weighted by molar-refractivity contribution is 0.0489. The Balaban J connectivity index is 1.68. The van der Waals surface area contributed by atoms with Crippen molar-refractivity contribution in [2.75, 3.05) is 31.1 Å². The number of morpholine rings is 1. The van der Waals surface area contributed by atoms with Crippen LogP contribution in [0.1, 0.15) is 26.7 Å². The predicted octanol–water partition coefficient (Wildman–Crippen LogP) is 4.95. The molecule has 29 heavy (non-hydrogen) atoms. The van der Waals surface area contributed by atoms with Crippen LogP contribution < -0.4 is 10.1 Å². The minimum atomic E-state index is -0.716. The number of anilines is 1. The Labute approximate surface area is 174 Å². The molecule has 0 N–H and O–H groups in total. The fraction of sp³-hybridized carbons (Fsp3) is 0.375. The van der Waals surface area contributed by atoms with Crippen LogP contribution in [0.2, 0.25) is 0 Å². The maximum Gasteiger partial charge on any atom is 0.0843 e. The van der Waals surface area contributed by atoms with E-state index in [1.54, 1.807) is 0 Å². The first-order valence-corrected chi connectivity index (χ1v) is 11.8. The molecular weight excluding hydrogens is 377 g/mol. The summed E-state index contributed by atoms with van der Waals surface area (Å²) in [6.45, 7) is 8.34. The van der Waals surface area contributed by atoms with Crippen LogP contribution in [0.25, 0.3) is 0 Å². The molecule has 2 heterocycles. The molecule has 5 rings (SSSR count). The molecule has 1 saturated heterocycles. The van der Waals surface area contributed by atoms with Crippen molar-refractivity contribution in [3.05, 3.63) is 71.7 Å². The molecule has 1 unspecified atom stereocenters. The Bertz CT molecular complexity index is 933. The van der Waals surface area contributed by atoms with Crippen LogP contribution in [-0.2, 0) is 4.74 Å². The van der Waals surface area contributed by atoms with Gasteiger partial charge in [0, 0.05) is 29.4 Å². The number of hydrogen-bond acceptors (Lipinski definition) is 4. The summed E-state index contributed by atoms with van der Waals surface area (Å²) in [6, 6.07) is 21.6. The molecule has 0 aromatic heterocycles. The summed E-state index contributed by atoms with van der Waals surface area (Å²) in [5.41, 5.74) is 4.18. The first kappa shape index (κ1) is 18.8. The van der Waals surface area contributed by atoms with E-state index in [1.807, 2.05) is 0 Å². The van der Waals surface area contributed by atoms with Gasteiger partial charge in [0.15, 0.2) is 0 Å². The third-order valence-electron chi connectivity index (χ3n) is 5.84. The van der Waals surface area contributed by atoms with Crippen molar-refractivity contribution in [2.45, 2.75) is 26.7 Å². The molecule has 0 saturated carbocycles. The summed E-state index contributed by atoms with van der Waals surface area (Å²) < 4.78 is 7.96. The second-order valence-electron chi connectivity index (χ2n) is 8.73. The third-order valence-corrected chi connectivity index (χ3v) is 8.26. The minimum Gasteiger partial charge on any atom is -0.378 e. The highest BCUT2D eigenvalue weighted by atomic mass is 31.1. The summed E-state index contributed by atoms with van der Waals surface area (Å²) in [5, 5.41) is 8.09. The summed E-state index contributed by atoms with van der Waals surface area (Å²) >= 11 is 0. The van der Waals surface area contributed by atoms with Crippen molar-refractivity contribution < 1.29 is 4.74 Å². The van der Waals surface area contributed by atoms with Crippen molar-refractivity contribution in [3.63, 3.8) is 0 Å². The van der Waals surface area contributed by atoms with Gasteiger partial charge in [-0.15, -0.1) is 0 Å². The monoisotopic (exact) mass is 405 g/mol. The largest absolute Gasteiger partial charge is 0.378 e. The lowest BCUT2D eigenvalue weighted by atomic mass is 9.78. The van der Waals surface area contributed by atoms with Gasteiger partial charge >= 0.3 is 0 Å². The van der Waals surface area contributed by atoms with Crippen LogP contribution in [0.4, 0.5) is 5.69 Å². The van der Waals surface area contributed by atoms with Crippen molar-refractivity contribution >= 4 is 24.8 Å². The van der Waals surface area contributed by atoms with Crippen molar-refractivity contribution in [3.8, 4) is 0 Å². The van der Waals surface area contributed by atoms with Gasteiger partial charge in [-0.2, -0.15) is 5.10 Å². The fourth-order valence-corrected chi connectivity index (χ4v) is 7.04. The summed E-state index contributed by atoms with van der Waals surface area (Å²) in [4.78, 5) is 2.57. The molecule has 0 radical (unpaired) electrons. The zero-order valence-electron chi connectivity index (χ0n) is 17.2. The molecule has 1 atom stereocenters. The summed E-state index contributed by atoms with van der Waals surface area (Å²) in [7, 11) is -0.716. The van der Waals surface area contributed by atoms with Gasteiger partial charge in [0.25, 0.3) is 0 Å². The standard InChI is InChI=1S/C24H28N3OP/c1-24(2)17-21-23(22(18-24)26-13-15-28-16-14-26)29(20-11-7-4-8-12-20)27(25-21)19-9-5-3-6-10-19/h3-12H,13-18H2,1-2H3. The van der Waals surface area contributed by atoms with Crippen molar-refractivity contribution in [2.24, 2.45) is 10.5 Å². The van der Waals surface area contributed by atoms with Crippen LogP contribution >= 0.6 is 8.07 Å². The first-order valence-electron chi connectivity index (χ1n) is 10.5. The fourth-order valence-electron chi connectivity index (χ4n) is 4.52. The van der Waals surface area contributed by atoms with Gasteiger partial charge < -0.3 is 9.64 Å². The van der Waals surface area contributed by atoms with E-state index in [0.717, 1.165) is 39.1 Å². The maximum atomic E-state index is 5.66. The normalized spacial score (nSPS) is 23.8. The Morgan fingerprint density at radius 1 is 0.897 bits per heavy atom. The molecule has 1 fully saturated rings. The molecule has 3 aliphatic rings. The zero-order valence-corrected chi connectivity index (χ0v) is 18.1. The predicted molar refractivity (Wildman–Crippen MR) is 122 cm³/mol. The van der Waals surface area contributed by atoms with Gasteiger partial charge in [-0.25, -0.2) is 4.78 Å². The van der Waals surface area contributed by atoms with Gasteiger partial charge in [0.1, 0.15) is 0 Å². The number of rotatable bonds is 3. The van der Waals surface area contributed by atoms with Crippen LogP contribution in [0, 0.1) is 5.41 Å². The smallest absolute Gasteiger partial charge is 0.0843 e. The second kappa shape index (κ2) is 7.59. The lowest BCUT2D eigenvalue weighted by Crippen LogP contribution is -2.40. The molecule has 1 aliphatic carbocycles. The Morgan fingerprint density at radius 3 is 2.24 bits per heavy atom. The highest BCUT2D eigenvalue weighted by Gasteiger charge is 2.44. The van der Waals surface area contributed by atoms with Crippen molar-refractivity contribution in [1.29, 1.82) is 0 Å². The van der Waals surface area contributed by atoms with Crippen LogP contribution in [0.3, 0.4) is 0 Å². The van der Waals surface area contributed by atoms with E-state index < -0.39 is 8.07 Å². The first-order chi connectivity index (χ1) is 14.1. The number of hydrazone groups is 1. The molecular formula is C24H28N3OP.